The highest BCUT2D eigenvalue weighted by Gasteiger charge is 2.31. The Morgan fingerprint density at radius 3 is 2.87 bits per heavy atom. The summed E-state index contributed by atoms with van der Waals surface area (Å²) in [5, 5.41) is 8.42. The number of hydrogen-bond acceptors (Lipinski definition) is 2. The van der Waals surface area contributed by atoms with Crippen LogP contribution >= 0.6 is 15.9 Å². The van der Waals surface area contributed by atoms with Crippen molar-refractivity contribution >= 4 is 22.0 Å². The number of urea groups is 1. The van der Waals surface area contributed by atoms with Gasteiger partial charge >= 0.3 is 6.03 Å². The zero-order valence-corrected chi connectivity index (χ0v) is 9.57. The van der Waals surface area contributed by atoms with Crippen molar-refractivity contribution in [1.29, 1.82) is 0 Å². The molecule has 1 fully saturated rings. The van der Waals surface area contributed by atoms with Gasteiger partial charge in [0.15, 0.2) is 0 Å². The van der Waals surface area contributed by atoms with Crippen LogP contribution in [0.25, 0.3) is 0 Å². The van der Waals surface area contributed by atoms with E-state index in [-0.39, 0.29) is 0 Å². The maximum Gasteiger partial charge on any atom is 0.341 e. The number of carbonyl (C=O) groups excluding carboxylic acids is 1. The first kappa shape index (κ1) is 10.4. The molecule has 0 atom stereocenters. The van der Waals surface area contributed by atoms with Crippen molar-refractivity contribution in [2.75, 3.05) is 13.1 Å². The SMILES string of the molecule is O=C(NO)N1CC(c2cccc(Br)c2)C1. The Morgan fingerprint density at radius 1 is 1.53 bits per heavy atom. The number of hydroxylamine groups is 1. The van der Waals surface area contributed by atoms with Crippen LogP contribution in [-0.2, 0) is 0 Å². The number of likely N-dealkylation sites (tertiary alicyclic amines) is 1. The van der Waals surface area contributed by atoms with Gasteiger partial charge < -0.3 is 4.90 Å². The quantitative estimate of drug-likeness (QED) is 0.606. The van der Waals surface area contributed by atoms with Crippen LogP contribution in [0, 0.1) is 0 Å². The van der Waals surface area contributed by atoms with E-state index in [2.05, 4.69) is 22.0 Å². The monoisotopic (exact) mass is 270 g/mol. The number of carbonyl (C=O) groups is 1. The summed E-state index contributed by atoms with van der Waals surface area (Å²) in [5.74, 6) is 0.375. The summed E-state index contributed by atoms with van der Waals surface area (Å²) in [6.45, 7) is 1.31. The lowest BCUT2D eigenvalue weighted by molar-refractivity contribution is 0.100. The van der Waals surface area contributed by atoms with Crippen LogP contribution in [0.4, 0.5) is 4.79 Å². The number of nitrogens with one attached hydrogen (secondary N) is 1. The minimum absolute atomic E-state index is 0.375. The van der Waals surface area contributed by atoms with Gasteiger partial charge in [-0.1, -0.05) is 28.1 Å². The van der Waals surface area contributed by atoms with Gasteiger partial charge in [0.25, 0.3) is 0 Å². The fourth-order valence-electron chi connectivity index (χ4n) is 1.69. The molecule has 1 aliphatic heterocycles. The summed E-state index contributed by atoms with van der Waals surface area (Å²) in [4.78, 5) is 12.6. The van der Waals surface area contributed by atoms with Crippen LogP contribution < -0.4 is 5.48 Å². The van der Waals surface area contributed by atoms with Crippen LogP contribution in [-0.4, -0.2) is 29.2 Å². The van der Waals surface area contributed by atoms with Gasteiger partial charge in [-0.15, -0.1) is 0 Å². The lowest BCUT2D eigenvalue weighted by Crippen LogP contribution is -2.51. The van der Waals surface area contributed by atoms with Crippen molar-refractivity contribution in [3.8, 4) is 0 Å². The smallest absolute Gasteiger partial charge is 0.322 e. The second-order valence-electron chi connectivity index (χ2n) is 3.57. The minimum Gasteiger partial charge on any atom is -0.322 e. The minimum atomic E-state index is -0.429. The molecule has 0 bridgehead atoms. The third-order valence-electron chi connectivity index (χ3n) is 2.58. The normalized spacial score (nSPS) is 16.0. The molecule has 15 heavy (non-hydrogen) atoms. The van der Waals surface area contributed by atoms with E-state index >= 15 is 0 Å². The zero-order chi connectivity index (χ0) is 10.8. The van der Waals surface area contributed by atoms with Gasteiger partial charge in [-0.25, -0.2) is 10.3 Å². The molecule has 0 aliphatic carbocycles. The summed E-state index contributed by atoms with van der Waals surface area (Å²) < 4.78 is 1.05. The molecule has 1 aliphatic rings. The number of amides is 2. The maximum atomic E-state index is 11.0. The zero-order valence-electron chi connectivity index (χ0n) is 7.98. The predicted octanol–water partition coefficient (Wildman–Crippen LogP) is 1.95. The summed E-state index contributed by atoms with van der Waals surface area (Å²) in [5.41, 5.74) is 2.84. The number of rotatable bonds is 1. The molecule has 0 aromatic heterocycles. The lowest BCUT2D eigenvalue weighted by Gasteiger charge is -2.38. The topological polar surface area (TPSA) is 52.6 Å². The molecule has 1 aromatic carbocycles. The van der Waals surface area contributed by atoms with Crippen molar-refractivity contribution in [3.63, 3.8) is 0 Å². The number of nitrogens with zero attached hydrogens (tertiary/aromatic N) is 1. The molecular weight excluding hydrogens is 260 g/mol. The van der Waals surface area contributed by atoms with E-state index < -0.39 is 6.03 Å². The molecule has 0 saturated carbocycles. The molecule has 1 aromatic rings. The van der Waals surface area contributed by atoms with E-state index in [9.17, 15) is 4.79 Å². The Labute approximate surface area is 96.0 Å². The molecule has 0 radical (unpaired) electrons. The fourth-order valence-corrected chi connectivity index (χ4v) is 2.10. The number of halogens is 1. The highest BCUT2D eigenvalue weighted by atomic mass is 79.9. The van der Waals surface area contributed by atoms with Gasteiger partial charge in [-0.3, -0.25) is 5.21 Å². The third-order valence-corrected chi connectivity index (χ3v) is 3.08. The fraction of sp³-hybridized carbons (Fsp3) is 0.300. The van der Waals surface area contributed by atoms with Gasteiger partial charge in [0, 0.05) is 23.5 Å². The Morgan fingerprint density at radius 2 is 2.27 bits per heavy atom. The molecule has 2 rings (SSSR count). The third kappa shape index (κ3) is 2.13. The van der Waals surface area contributed by atoms with Crippen LogP contribution in [0.3, 0.4) is 0 Å². The molecule has 4 nitrogen and oxygen atoms in total. The second kappa shape index (κ2) is 4.20. The van der Waals surface area contributed by atoms with E-state index in [0.29, 0.717) is 19.0 Å². The van der Waals surface area contributed by atoms with Crippen molar-refractivity contribution in [2.45, 2.75) is 5.92 Å². The molecule has 0 unspecified atom stereocenters. The van der Waals surface area contributed by atoms with Gasteiger partial charge in [0.2, 0.25) is 0 Å². The van der Waals surface area contributed by atoms with Crippen molar-refractivity contribution in [2.24, 2.45) is 0 Å². The van der Waals surface area contributed by atoms with E-state index in [1.807, 2.05) is 18.2 Å². The lowest BCUT2D eigenvalue weighted by atomic mass is 9.92. The Kier molecular flexibility index (Phi) is 2.93. The second-order valence-corrected chi connectivity index (χ2v) is 4.49. The molecule has 2 amide bonds. The molecule has 80 valence electrons. The highest BCUT2D eigenvalue weighted by Crippen LogP contribution is 2.28. The predicted molar refractivity (Wildman–Crippen MR) is 58.8 cm³/mol. The van der Waals surface area contributed by atoms with Crippen molar-refractivity contribution in [3.05, 3.63) is 34.3 Å². The van der Waals surface area contributed by atoms with Crippen LogP contribution in [0.5, 0.6) is 0 Å². The maximum absolute atomic E-state index is 11.0. The Hall–Kier alpha value is -1.07. The molecule has 5 heteroatoms. The van der Waals surface area contributed by atoms with Crippen LogP contribution in [0.2, 0.25) is 0 Å². The summed E-state index contributed by atoms with van der Waals surface area (Å²) >= 11 is 3.41. The average molecular weight is 271 g/mol. The van der Waals surface area contributed by atoms with Gasteiger partial charge in [-0.05, 0) is 17.7 Å². The molecule has 2 N–H and O–H groups in total. The van der Waals surface area contributed by atoms with Gasteiger partial charge in [-0.2, -0.15) is 0 Å². The largest absolute Gasteiger partial charge is 0.341 e. The first-order valence-corrected chi connectivity index (χ1v) is 5.44. The van der Waals surface area contributed by atoms with E-state index in [1.165, 1.54) is 5.56 Å². The van der Waals surface area contributed by atoms with Gasteiger partial charge in [0.1, 0.15) is 0 Å². The number of hydrogen-bond donors (Lipinski definition) is 2. The first-order chi connectivity index (χ1) is 7.20. The van der Waals surface area contributed by atoms with Crippen molar-refractivity contribution < 1.29 is 10.0 Å². The van der Waals surface area contributed by atoms with E-state index in [0.717, 1.165) is 4.47 Å². The first-order valence-electron chi connectivity index (χ1n) is 4.65. The summed E-state index contributed by atoms with van der Waals surface area (Å²) in [6, 6.07) is 7.62. The highest BCUT2D eigenvalue weighted by molar-refractivity contribution is 9.10. The molecule has 1 heterocycles. The Bertz CT molecular complexity index is 377. The number of benzene rings is 1. The summed E-state index contributed by atoms with van der Waals surface area (Å²) in [6.07, 6.45) is 0. The average Bonchev–Trinajstić information content (AvgIpc) is 2.15. The standard InChI is InChI=1S/C10H11BrN2O2/c11-9-3-1-2-7(4-9)8-5-13(6-8)10(14)12-15/h1-4,8,15H,5-6H2,(H,12,14). The summed E-state index contributed by atoms with van der Waals surface area (Å²) in [7, 11) is 0. The molecular formula is C10H11BrN2O2. The van der Waals surface area contributed by atoms with E-state index in [4.69, 9.17) is 5.21 Å². The van der Waals surface area contributed by atoms with Crippen molar-refractivity contribution in [1.82, 2.24) is 10.4 Å². The molecule has 0 spiro atoms. The van der Waals surface area contributed by atoms with Crippen LogP contribution in [0.15, 0.2) is 28.7 Å². The van der Waals surface area contributed by atoms with Crippen LogP contribution in [0.1, 0.15) is 11.5 Å². The Balaban J connectivity index is 1.97. The van der Waals surface area contributed by atoms with Gasteiger partial charge in [0.05, 0.1) is 0 Å². The molecule has 1 saturated heterocycles. The van der Waals surface area contributed by atoms with E-state index in [1.54, 1.807) is 10.4 Å².